The van der Waals surface area contributed by atoms with Crippen LogP contribution in [0.4, 0.5) is 0 Å². The van der Waals surface area contributed by atoms with E-state index >= 15 is 0 Å². The fourth-order valence-electron chi connectivity index (χ4n) is 2.45. The molecule has 0 spiro atoms. The van der Waals surface area contributed by atoms with Gasteiger partial charge in [0.25, 0.3) is 0 Å². The van der Waals surface area contributed by atoms with E-state index in [1.54, 1.807) is 18.0 Å². The van der Waals surface area contributed by atoms with Gasteiger partial charge in [0.2, 0.25) is 11.8 Å². The molecule has 1 aliphatic heterocycles. The summed E-state index contributed by atoms with van der Waals surface area (Å²) >= 11 is 0. The normalized spacial score (nSPS) is 22.8. The van der Waals surface area contributed by atoms with Crippen LogP contribution in [-0.2, 0) is 9.59 Å². The van der Waals surface area contributed by atoms with Crippen molar-refractivity contribution in [2.45, 2.75) is 31.3 Å². The van der Waals surface area contributed by atoms with E-state index < -0.39 is 5.60 Å². The Bertz CT molecular complexity index is 396. The van der Waals surface area contributed by atoms with E-state index in [2.05, 4.69) is 5.32 Å². The summed E-state index contributed by atoms with van der Waals surface area (Å²) in [5.41, 5.74) is -0.949. The van der Waals surface area contributed by atoms with Gasteiger partial charge in [0.05, 0.1) is 5.60 Å². The third-order valence-electron chi connectivity index (χ3n) is 3.69. The summed E-state index contributed by atoms with van der Waals surface area (Å²) in [5, 5.41) is 13.1. The molecule has 0 aromatic rings. The third-order valence-corrected chi connectivity index (χ3v) is 3.69. The van der Waals surface area contributed by atoms with E-state index in [0.717, 1.165) is 6.42 Å². The maximum Gasteiger partial charge on any atom is 0.246 e. The first kappa shape index (κ1) is 17.7. The molecule has 21 heavy (non-hydrogen) atoms. The monoisotopic (exact) mass is 297 g/mol. The molecule has 0 bridgehead atoms. The number of nitrogens with one attached hydrogen (secondary N) is 1. The van der Waals surface area contributed by atoms with Gasteiger partial charge in [-0.25, -0.2) is 0 Å². The Hall–Kier alpha value is -1.40. The van der Waals surface area contributed by atoms with E-state index in [1.165, 1.54) is 0 Å². The number of hydrogen-bond donors (Lipinski definition) is 2. The molecule has 2 amide bonds. The number of carbonyl (C=O) groups is 2. The summed E-state index contributed by atoms with van der Waals surface area (Å²) in [6, 6.07) is 0. The second-order valence-electron chi connectivity index (χ2n) is 5.93. The predicted octanol–water partition coefficient (Wildman–Crippen LogP) is -0.0161. The highest BCUT2D eigenvalue weighted by Crippen LogP contribution is 2.26. The van der Waals surface area contributed by atoms with Gasteiger partial charge in [-0.3, -0.25) is 9.59 Å². The summed E-state index contributed by atoms with van der Waals surface area (Å²) in [5.74, 6) is -0.160. The first-order valence-electron chi connectivity index (χ1n) is 7.39. The number of nitrogens with zero attached hydrogens (tertiary/aromatic N) is 2. The van der Waals surface area contributed by atoms with Crippen LogP contribution in [0, 0.1) is 0 Å². The van der Waals surface area contributed by atoms with Crippen LogP contribution in [0.1, 0.15) is 25.7 Å². The summed E-state index contributed by atoms with van der Waals surface area (Å²) < 4.78 is 0. The van der Waals surface area contributed by atoms with E-state index in [9.17, 15) is 14.7 Å². The molecule has 6 nitrogen and oxygen atoms in total. The van der Waals surface area contributed by atoms with Gasteiger partial charge in [-0.2, -0.15) is 0 Å². The maximum absolute atomic E-state index is 12.1. The minimum Gasteiger partial charge on any atom is -0.388 e. The summed E-state index contributed by atoms with van der Waals surface area (Å²) in [4.78, 5) is 27.0. The molecular weight excluding hydrogens is 270 g/mol. The molecule has 0 aromatic carbocycles. The first-order chi connectivity index (χ1) is 9.86. The quantitative estimate of drug-likeness (QED) is 0.676. The van der Waals surface area contributed by atoms with Crippen molar-refractivity contribution in [3.05, 3.63) is 12.2 Å². The summed E-state index contributed by atoms with van der Waals surface area (Å²) in [6.45, 7) is 1.67. The molecule has 1 rings (SSSR count). The Morgan fingerprint density at radius 3 is 2.76 bits per heavy atom. The van der Waals surface area contributed by atoms with Crippen molar-refractivity contribution >= 4 is 11.8 Å². The molecular formula is C15H27N3O3. The molecule has 1 atom stereocenters. The zero-order chi connectivity index (χ0) is 15.9. The van der Waals surface area contributed by atoms with E-state index in [0.29, 0.717) is 32.5 Å². The Kier molecular flexibility index (Phi) is 6.84. The number of rotatable bonds is 6. The molecule has 1 aliphatic rings. The second kappa shape index (κ2) is 8.14. The zero-order valence-electron chi connectivity index (χ0n) is 13.3. The molecule has 0 saturated carbocycles. The number of hydrogen-bond acceptors (Lipinski definition) is 4. The lowest BCUT2D eigenvalue weighted by molar-refractivity contribution is -0.134. The fourth-order valence-corrected chi connectivity index (χ4v) is 2.45. The average Bonchev–Trinajstić information content (AvgIpc) is 2.44. The molecule has 1 fully saturated rings. The highest BCUT2D eigenvalue weighted by atomic mass is 16.3. The second-order valence-corrected chi connectivity index (χ2v) is 5.93. The fraction of sp³-hybridized carbons (Fsp3) is 0.733. The molecule has 2 N–H and O–H groups in total. The lowest BCUT2D eigenvalue weighted by Gasteiger charge is -2.38. The Morgan fingerprint density at radius 2 is 2.14 bits per heavy atom. The van der Waals surface area contributed by atoms with E-state index in [1.807, 2.05) is 25.1 Å². The van der Waals surface area contributed by atoms with Crippen molar-refractivity contribution < 1.29 is 14.7 Å². The third kappa shape index (κ3) is 6.27. The van der Waals surface area contributed by atoms with Crippen LogP contribution in [0.5, 0.6) is 0 Å². The first-order valence-corrected chi connectivity index (χ1v) is 7.39. The molecule has 1 heterocycles. The SMILES string of the molecule is CNC(=O)CC[C@]1(O)CCCN(C(=O)/C=C/CN(C)C)C1. The van der Waals surface area contributed by atoms with Gasteiger partial charge in [-0.15, -0.1) is 0 Å². The molecule has 0 aliphatic carbocycles. The molecule has 0 aromatic heterocycles. The standard InChI is InChI=1S/C15H27N3O3/c1-16-13(19)7-9-15(21)8-5-11-18(12-15)14(20)6-4-10-17(2)3/h4,6,21H,5,7-12H2,1-3H3,(H,16,19)/b6-4+/t15-/m1/s1. The van der Waals surface area contributed by atoms with Gasteiger partial charge in [0.15, 0.2) is 0 Å². The van der Waals surface area contributed by atoms with Crippen LogP contribution in [0.15, 0.2) is 12.2 Å². The Morgan fingerprint density at radius 1 is 1.43 bits per heavy atom. The van der Waals surface area contributed by atoms with Gasteiger partial charge >= 0.3 is 0 Å². The molecule has 1 saturated heterocycles. The number of amides is 2. The molecule has 0 radical (unpaired) electrons. The van der Waals surface area contributed by atoms with Crippen molar-refractivity contribution in [1.29, 1.82) is 0 Å². The van der Waals surface area contributed by atoms with Gasteiger partial charge in [-0.05, 0) is 33.4 Å². The van der Waals surface area contributed by atoms with Crippen molar-refractivity contribution in [2.24, 2.45) is 0 Å². The number of aliphatic hydroxyl groups is 1. The molecule has 120 valence electrons. The smallest absolute Gasteiger partial charge is 0.246 e. The van der Waals surface area contributed by atoms with E-state index in [-0.39, 0.29) is 18.2 Å². The lowest BCUT2D eigenvalue weighted by atomic mass is 9.88. The molecule has 6 heteroatoms. The number of piperidine rings is 1. The van der Waals surface area contributed by atoms with E-state index in [4.69, 9.17) is 0 Å². The molecule has 0 unspecified atom stereocenters. The van der Waals surface area contributed by atoms with Gasteiger partial charge in [0.1, 0.15) is 0 Å². The Balaban J connectivity index is 2.52. The highest BCUT2D eigenvalue weighted by molar-refractivity contribution is 5.87. The number of β-amino-alcohol motifs (C(OH)–C–C–N with tert-alkyl or cyclic N) is 1. The largest absolute Gasteiger partial charge is 0.388 e. The van der Waals surface area contributed by atoms with Crippen LogP contribution in [0.25, 0.3) is 0 Å². The number of carbonyl (C=O) groups excluding carboxylic acids is 2. The van der Waals surface area contributed by atoms with Crippen molar-refractivity contribution in [2.75, 3.05) is 40.8 Å². The Labute approximate surface area is 126 Å². The minimum absolute atomic E-state index is 0.0741. The minimum atomic E-state index is -0.949. The summed E-state index contributed by atoms with van der Waals surface area (Å²) in [7, 11) is 5.46. The van der Waals surface area contributed by atoms with Crippen LogP contribution >= 0.6 is 0 Å². The van der Waals surface area contributed by atoms with Crippen molar-refractivity contribution in [1.82, 2.24) is 15.1 Å². The predicted molar refractivity (Wildman–Crippen MR) is 81.8 cm³/mol. The van der Waals surface area contributed by atoms with Crippen LogP contribution in [0.3, 0.4) is 0 Å². The zero-order valence-corrected chi connectivity index (χ0v) is 13.3. The van der Waals surface area contributed by atoms with Crippen molar-refractivity contribution in [3.8, 4) is 0 Å². The van der Waals surface area contributed by atoms with Crippen LogP contribution in [-0.4, -0.2) is 73.1 Å². The van der Waals surface area contributed by atoms with Crippen LogP contribution < -0.4 is 5.32 Å². The average molecular weight is 297 g/mol. The van der Waals surface area contributed by atoms with Crippen LogP contribution in [0.2, 0.25) is 0 Å². The van der Waals surface area contributed by atoms with Crippen molar-refractivity contribution in [3.63, 3.8) is 0 Å². The number of likely N-dealkylation sites (N-methyl/N-ethyl adjacent to an activating group) is 1. The lowest BCUT2D eigenvalue weighted by Crippen LogP contribution is -2.50. The number of likely N-dealkylation sites (tertiary alicyclic amines) is 1. The van der Waals surface area contributed by atoms with Gasteiger partial charge < -0.3 is 20.2 Å². The maximum atomic E-state index is 12.1. The highest BCUT2D eigenvalue weighted by Gasteiger charge is 2.34. The topological polar surface area (TPSA) is 72.9 Å². The summed E-state index contributed by atoms with van der Waals surface area (Å²) in [6.07, 6.45) is 5.45. The van der Waals surface area contributed by atoms with Gasteiger partial charge in [0, 0.05) is 39.2 Å². The van der Waals surface area contributed by atoms with Gasteiger partial charge in [-0.1, -0.05) is 6.08 Å².